The zero-order valence-corrected chi connectivity index (χ0v) is 16.9. The van der Waals surface area contributed by atoms with Gasteiger partial charge in [-0.3, -0.25) is 14.1 Å². The van der Waals surface area contributed by atoms with Crippen LogP contribution in [0.5, 0.6) is 0 Å². The minimum Gasteiger partial charge on any atom is -0.369 e. The lowest BCUT2D eigenvalue weighted by molar-refractivity contribution is -0.119. The molecule has 0 aliphatic heterocycles. The van der Waals surface area contributed by atoms with Gasteiger partial charge < -0.3 is 11.1 Å². The Hall–Kier alpha value is -2.97. The molecule has 0 bridgehead atoms. The maximum absolute atomic E-state index is 12.0. The van der Waals surface area contributed by atoms with Crippen LogP contribution in [0.3, 0.4) is 0 Å². The second-order valence-corrected chi connectivity index (χ2v) is 8.14. The van der Waals surface area contributed by atoms with E-state index in [4.69, 9.17) is 10.3 Å². The lowest BCUT2D eigenvalue weighted by atomic mass is 9.90. The standard InChI is InChI=1S/C21H24N2O5S/c1-2-3-15-4-8-17(9-5-15)19(20(22)24)14-16-6-10-18(11-7-16)21(25)23-12-13-29(26,27)28/h2-11,19H,12-14H2,1H3,(H2,22,24)(H,23,25)(H,26,27,28)/b3-2+. The minimum absolute atomic E-state index is 0.188. The molecular formula is C21H24N2O5S. The molecule has 1 atom stereocenters. The Morgan fingerprint density at radius 3 is 2.24 bits per heavy atom. The first kappa shape index (κ1) is 22.3. The van der Waals surface area contributed by atoms with Crippen molar-refractivity contribution in [2.75, 3.05) is 12.3 Å². The van der Waals surface area contributed by atoms with Crippen molar-refractivity contribution in [2.24, 2.45) is 5.73 Å². The summed E-state index contributed by atoms with van der Waals surface area (Å²) in [6, 6.07) is 14.2. The molecule has 0 spiro atoms. The summed E-state index contributed by atoms with van der Waals surface area (Å²) in [5.41, 5.74) is 8.62. The molecule has 2 rings (SSSR count). The van der Waals surface area contributed by atoms with E-state index < -0.39 is 33.6 Å². The largest absolute Gasteiger partial charge is 0.369 e. The summed E-state index contributed by atoms with van der Waals surface area (Å²) >= 11 is 0. The Morgan fingerprint density at radius 2 is 1.72 bits per heavy atom. The van der Waals surface area contributed by atoms with Crippen LogP contribution in [0.2, 0.25) is 0 Å². The highest BCUT2D eigenvalue weighted by atomic mass is 32.2. The van der Waals surface area contributed by atoms with Crippen molar-refractivity contribution in [3.63, 3.8) is 0 Å². The van der Waals surface area contributed by atoms with Crippen LogP contribution in [0.1, 0.15) is 39.9 Å². The van der Waals surface area contributed by atoms with Crippen molar-refractivity contribution in [3.05, 3.63) is 76.9 Å². The number of benzene rings is 2. The smallest absolute Gasteiger partial charge is 0.266 e. The molecule has 154 valence electrons. The lowest BCUT2D eigenvalue weighted by Crippen LogP contribution is -2.28. The van der Waals surface area contributed by atoms with Crippen LogP contribution in [0.4, 0.5) is 0 Å². The molecule has 0 aliphatic rings. The highest BCUT2D eigenvalue weighted by Crippen LogP contribution is 2.22. The van der Waals surface area contributed by atoms with E-state index in [1.807, 2.05) is 43.3 Å². The van der Waals surface area contributed by atoms with Gasteiger partial charge in [-0.05, 0) is 42.2 Å². The zero-order chi connectivity index (χ0) is 21.4. The third kappa shape index (κ3) is 7.17. The van der Waals surface area contributed by atoms with Crippen LogP contribution < -0.4 is 11.1 Å². The highest BCUT2D eigenvalue weighted by Gasteiger charge is 2.18. The van der Waals surface area contributed by atoms with Crippen LogP contribution in [-0.4, -0.2) is 37.1 Å². The monoisotopic (exact) mass is 416 g/mol. The number of nitrogens with two attached hydrogens (primary N) is 1. The summed E-state index contributed by atoms with van der Waals surface area (Å²) in [4.78, 5) is 24.0. The number of rotatable bonds is 9. The fourth-order valence-corrected chi connectivity index (χ4v) is 3.20. The maximum atomic E-state index is 12.0. The van der Waals surface area contributed by atoms with Gasteiger partial charge in [0, 0.05) is 12.1 Å². The molecule has 0 saturated heterocycles. The first-order valence-electron chi connectivity index (χ1n) is 9.04. The van der Waals surface area contributed by atoms with Gasteiger partial charge in [0.05, 0.1) is 11.7 Å². The van der Waals surface area contributed by atoms with Crippen LogP contribution >= 0.6 is 0 Å². The topological polar surface area (TPSA) is 127 Å². The van der Waals surface area contributed by atoms with Gasteiger partial charge in [-0.1, -0.05) is 48.6 Å². The van der Waals surface area contributed by atoms with Gasteiger partial charge in [-0.15, -0.1) is 0 Å². The normalized spacial score (nSPS) is 12.6. The first-order chi connectivity index (χ1) is 13.7. The highest BCUT2D eigenvalue weighted by molar-refractivity contribution is 7.85. The predicted molar refractivity (Wildman–Crippen MR) is 112 cm³/mol. The fraction of sp³-hybridized carbons (Fsp3) is 0.238. The Bertz CT molecular complexity index is 981. The van der Waals surface area contributed by atoms with Gasteiger partial charge in [0.25, 0.3) is 16.0 Å². The van der Waals surface area contributed by atoms with Gasteiger partial charge >= 0.3 is 0 Å². The van der Waals surface area contributed by atoms with Gasteiger partial charge in [-0.25, -0.2) is 0 Å². The number of carbonyl (C=O) groups excluding carboxylic acids is 2. The Labute approximate surface area is 170 Å². The summed E-state index contributed by atoms with van der Waals surface area (Å²) in [6.45, 7) is 1.74. The quantitative estimate of drug-likeness (QED) is 0.540. The number of allylic oxidation sites excluding steroid dienone is 1. The average molecular weight is 416 g/mol. The second-order valence-electron chi connectivity index (χ2n) is 6.56. The maximum Gasteiger partial charge on any atom is 0.266 e. The third-order valence-electron chi connectivity index (χ3n) is 4.34. The van der Waals surface area contributed by atoms with E-state index in [1.165, 1.54) is 0 Å². The summed E-state index contributed by atoms with van der Waals surface area (Å²) in [5.74, 6) is -1.93. The van der Waals surface area contributed by atoms with Gasteiger partial charge in [-0.2, -0.15) is 8.42 Å². The van der Waals surface area contributed by atoms with E-state index in [0.29, 0.717) is 12.0 Å². The molecule has 2 aromatic rings. The molecule has 8 heteroatoms. The van der Waals surface area contributed by atoms with Crippen LogP contribution in [-0.2, 0) is 21.3 Å². The Balaban J connectivity index is 2.05. The molecule has 0 fully saturated rings. The van der Waals surface area contributed by atoms with E-state index >= 15 is 0 Å². The summed E-state index contributed by atoms with van der Waals surface area (Å²) in [7, 11) is -4.13. The van der Waals surface area contributed by atoms with E-state index in [9.17, 15) is 18.0 Å². The van der Waals surface area contributed by atoms with Gasteiger partial charge in [0.2, 0.25) is 5.91 Å². The summed E-state index contributed by atoms with van der Waals surface area (Å²) in [5, 5.41) is 2.42. The van der Waals surface area contributed by atoms with Crippen molar-refractivity contribution < 1.29 is 22.6 Å². The van der Waals surface area contributed by atoms with Crippen LogP contribution in [0.25, 0.3) is 6.08 Å². The molecule has 1 unspecified atom stereocenters. The van der Waals surface area contributed by atoms with Gasteiger partial charge in [0.15, 0.2) is 0 Å². The number of primary amides is 1. The van der Waals surface area contributed by atoms with Crippen LogP contribution in [0.15, 0.2) is 54.6 Å². The number of amides is 2. The van der Waals surface area contributed by atoms with Crippen molar-refractivity contribution >= 4 is 28.0 Å². The van der Waals surface area contributed by atoms with Crippen molar-refractivity contribution in [3.8, 4) is 0 Å². The molecule has 29 heavy (non-hydrogen) atoms. The van der Waals surface area contributed by atoms with Crippen molar-refractivity contribution in [1.29, 1.82) is 0 Å². The number of carbonyl (C=O) groups is 2. The Morgan fingerprint density at radius 1 is 1.10 bits per heavy atom. The number of hydrogen-bond acceptors (Lipinski definition) is 4. The van der Waals surface area contributed by atoms with E-state index in [1.54, 1.807) is 24.3 Å². The van der Waals surface area contributed by atoms with Gasteiger partial charge in [0.1, 0.15) is 0 Å². The predicted octanol–water partition coefficient (Wildman–Crippen LogP) is 2.15. The first-order valence-corrected chi connectivity index (χ1v) is 10.6. The van der Waals surface area contributed by atoms with Crippen molar-refractivity contribution in [1.82, 2.24) is 5.32 Å². The molecule has 4 N–H and O–H groups in total. The fourth-order valence-electron chi connectivity index (χ4n) is 2.84. The molecule has 0 saturated carbocycles. The number of hydrogen-bond donors (Lipinski definition) is 3. The molecule has 2 amide bonds. The molecule has 0 radical (unpaired) electrons. The van der Waals surface area contributed by atoms with Crippen molar-refractivity contribution in [2.45, 2.75) is 19.3 Å². The SMILES string of the molecule is C/C=C/c1ccc(C(Cc2ccc(C(=O)NCCS(=O)(=O)O)cc2)C(N)=O)cc1. The molecule has 0 heterocycles. The summed E-state index contributed by atoms with van der Waals surface area (Å²) < 4.78 is 30.0. The average Bonchev–Trinajstić information content (AvgIpc) is 2.66. The minimum atomic E-state index is -4.13. The zero-order valence-electron chi connectivity index (χ0n) is 16.0. The molecule has 7 nitrogen and oxygen atoms in total. The molecule has 0 aliphatic carbocycles. The molecule has 2 aromatic carbocycles. The van der Waals surface area contributed by atoms with E-state index in [2.05, 4.69) is 5.32 Å². The van der Waals surface area contributed by atoms with Crippen LogP contribution in [0, 0.1) is 0 Å². The lowest BCUT2D eigenvalue weighted by Gasteiger charge is -2.14. The number of nitrogens with one attached hydrogen (secondary N) is 1. The molecular weight excluding hydrogens is 392 g/mol. The Kier molecular flexibility index (Phi) is 7.69. The van der Waals surface area contributed by atoms with E-state index in [0.717, 1.165) is 16.7 Å². The third-order valence-corrected chi connectivity index (χ3v) is 5.06. The van der Waals surface area contributed by atoms with E-state index in [-0.39, 0.29) is 6.54 Å². The second kappa shape index (κ2) is 9.99. The summed E-state index contributed by atoms with van der Waals surface area (Å²) in [6.07, 6.45) is 4.28. The molecule has 0 aromatic heterocycles.